The molecule has 0 radical (unpaired) electrons. The first-order chi connectivity index (χ1) is 5.36. The highest BCUT2D eigenvalue weighted by Crippen LogP contribution is 2.28. The molecular formula is C9H14N2. The molecule has 0 aromatic carbocycles. The van der Waals surface area contributed by atoms with Gasteiger partial charge in [-0.2, -0.15) is 0 Å². The Bertz CT molecular complexity index is 215. The van der Waals surface area contributed by atoms with E-state index < -0.39 is 0 Å². The molecule has 2 N–H and O–H groups in total. The zero-order valence-corrected chi connectivity index (χ0v) is 6.61. The monoisotopic (exact) mass is 150 g/mol. The van der Waals surface area contributed by atoms with Gasteiger partial charge in [-0.3, -0.25) is 0 Å². The molecule has 1 aliphatic carbocycles. The maximum absolute atomic E-state index is 5.82. The lowest BCUT2D eigenvalue weighted by molar-refractivity contribution is 0.512. The molecule has 2 unspecified atom stereocenters. The lowest BCUT2D eigenvalue weighted by Gasteiger charge is -2.10. The highest BCUT2D eigenvalue weighted by atomic mass is 15.0. The predicted molar refractivity (Wildman–Crippen MR) is 45.3 cm³/mol. The van der Waals surface area contributed by atoms with Crippen molar-refractivity contribution in [3.8, 4) is 0 Å². The molecule has 2 heteroatoms. The topological polar surface area (TPSA) is 30.9 Å². The van der Waals surface area contributed by atoms with Crippen LogP contribution in [0, 0.1) is 0 Å². The Labute approximate surface area is 67.0 Å². The normalized spacial score (nSPS) is 31.0. The van der Waals surface area contributed by atoms with Gasteiger partial charge in [0.25, 0.3) is 0 Å². The van der Waals surface area contributed by atoms with Crippen LogP contribution in [0.1, 0.15) is 25.3 Å². The average Bonchev–Trinajstić information content (AvgIpc) is 2.55. The van der Waals surface area contributed by atoms with E-state index in [9.17, 15) is 0 Å². The van der Waals surface area contributed by atoms with E-state index in [1.54, 1.807) is 0 Å². The minimum absolute atomic E-state index is 0.433. The molecule has 0 saturated heterocycles. The van der Waals surface area contributed by atoms with E-state index >= 15 is 0 Å². The van der Waals surface area contributed by atoms with Crippen molar-refractivity contribution >= 4 is 0 Å². The highest BCUT2D eigenvalue weighted by Gasteiger charge is 2.21. The molecule has 2 nitrogen and oxygen atoms in total. The van der Waals surface area contributed by atoms with Crippen molar-refractivity contribution in [1.29, 1.82) is 0 Å². The second kappa shape index (κ2) is 2.70. The Balaban J connectivity index is 2.08. The van der Waals surface area contributed by atoms with Crippen LogP contribution in [0.5, 0.6) is 0 Å². The largest absolute Gasteiger partial charge is 0.351 e. The minimum atomic E-state index is 0.433. The van der Waals surface area contributed by atoms with E-state index in [1.165, 1.54) is 12.8 Å². The standard InChI is InChI=1S/C9H14N2/c10-8-3-4-9(7-8)11-5-1-2-6-11/h1-2,5-6,8-9H,3-4,7,10H2. The van der Waals surface area contributed by atoms with Crippen molar-refractivity contribution in [3.05, 3.63) is 24.5 Å². The highest BCUT2D eigenvalue weighted by molar-refractivity contribution is 4.95. The van der Waals surface area contributed by atoms with Crippen molar-refractivity contribution in [2.75, 3.05) is 0 Å². The Hall–Kier alpha value is -0.760. The van der Waals surface area contributed by atoms with Crippen LogP contribution in [0.25, 0.3) is 0 Å². The molecule has 11 heavy (non-hydrogen) atoms. The second-order valence-corrected chi connectivity index (χ2v) is 3.36. The third-order valence-corrected chi connectivity index (χ3v) is 2.49. The van der Waals surface area contributed by atoms with Gasteiger partial charge in [-0.05, 0) is 31.4 Å². The van der Waals surface area contributed by atoms with Gasteiger partial charge in [0.1, 0.15) is 0 Å². The van der Waals surface area contributed by atoms with Crippen molar-refractivity contribution < 1.29 is 0 Å². The average molecular weight is 150 g/mol. The summed E-state index contributed by atoms with van der Waals surface area (Å²) in [6.45, 7) is 0. The first-order valence-corrected chi connectivity index (χ1v) is 4.24. The van der Waals surface area contributed by atoms with Gasteiger partial charge in [-0.15, -0.1) is 0 Å². The van der Waals surface area contributed by atoms with Crippen LogP contribution in [0.2, 0.25) is 0 Å². The molecule has 1 aliphatic rings. The Morgan fingerprint density at radius 2 is 1.91 bits per heavy atom. The summed E-state index contributed by atoms with van der Waals surface area (Å²) in [7, 11) is 0. The molecular weight excluding hydrogens is 136 g/mol. The minimum Gasteiger partial charge on any atom is -0.351 e. The summed E-state index contributed by atoms with van der Waals surface area (Å²) in [5.74, 6) is 0. The van der Waals surface area contributed by atoms with Crippen LogP contribution < -0.4 is 5.73 Å². The van der Waals surface area contributed by atoms with Gasteiger partial charge < -0.3 is 10.3 Å². The lowest BCUT2D eigenvalue weighted by atomic mass is 10.2. The number of rotatable bonds is 1. The fraction of sp³-hybridized carbons (Fsp3) is 0.556. The number of hydrogen-bond acceptors (Lipinski definition) is 1. The summed E-state index contributed by atoms with van der Waals surface area (Å²) < 4.78 is 2.27. The lowest BCUT2D eigenvalue weighted by Crippen LogP contribution is -2.15. The summed E-state index contributed by atoms with van der Waals surface area (Å²) in [5.41, 5.74) is 5.82. The summed E-state index contributed by atoms with van der Waals surface area (Å²) in [4.78, 5) is 0. The van der Waals surface area contributed by atoms with Crippen molar-refractivity contribution in [2.24, 2.45) is 5.73 Å². The molecule has 1 fully saturated rings. The van der Waals surface area contributed by atoms with Gasteiger partial charge in [0.2, 0.25) is 0 Å². The fourth-order valence-corrected chi connectivity index (χ4v) is 1.85. The predicted octanol–water partition coefficient (Wildman–Crippen LogP) is 1.54. The fourth-order valence-electron chi connectivity index (χ4n) is 1.85. The van der Waals surface area contributed by atoms with Crippen LogP contribution in [0.15, 0.2) is 24.5 Å². The summed E-state index contributed by atoms with van der Waals surface area (Å²) in [6.07, 6.45) is 7.83. The van der Waals surface area contributed by atoms with Gasteiger partial charge in [0, 0.05) is 24.5 Å². The van der Waals surface area contributed by atoms with Gasteiger partial charge >= 0.3 is 0 Å². The maximum atomic E-state index is 5.82. The van der Waals surface area contributed by atoms with Gasteiger partial charge in [0.05, 0.1) is 0 Å². The molecule has 60 valence electrons. The molecule has 2 rings (SSSR count). The first kappa shape index (κ1) is 6.92. The van der Waals surface area contributed by atoms with Crippen LogP contribution >= 0.6 is 0 Å². The molecule has 1 heterocycles. The van der Waals surface area contributed by atoms with Gasteiger partial charge in [0.15, 0.2) is 0 Å². The van der Waals surface area contributed by atoms with Crippen molar-refractivity contribution in [1.82, 2.24) is 4.57 Å². The molecule has 2 atom stereocenters. The Morgan fingerprint density at radius 3 is 2.45 bits per heavy atom. The number of nitrogens with zero attached hydrogens (tertiary/aromatic N) is 1. The quantitative estimate of drug-likeness (QED) is 0.646. The molecule has 1 saturated carbocycles. The van der Waals surface area contributed by atoms with Crippen LogP contribution in [0.3, 0.4) is 0 Å². The van der Waals surface area contributed by atoms with Gasteiger partial charge in [-0.1, -0.05) is 0 Å². The molecule has 0 amide bonds. The van der Waals surface area contributed by atoms with Crippen molar-refractivity contribution in [3.63, 3.8) is 0 Å². The van der Waals surface area contributed by atoms with E-state index in [4.69, 9.17) is 5.73 Å². The first-order valence-electron chi connectivity index (χ1n) is 4.24. The Kier molecular flexibility index (Phi) is 1.70. The van der Waals surface area contributed by atoms with E-state index in [2.05, 4.69) is 29.1 Å². The number of aromatic nitrogens is 1. The molecule has 0 aliphatic heterocycles. The summed E-state index contributed by atoms with van der Waals surface area (Å²) in [6, 6.07) is 5.25. The van der Waals surface area contributed by atoms with Crippen LogP contribution in [-0.2, 0) is 0 Å². The number of hydrogen-bond donors (Lipinski definition) is 1. The zero-order valence-electron chi connectivity index (χ0n) is 6.61. The van der Waals surface area contributed by atoms with E-state index in [-0.39, 0.29) is 0 Å². The smallest absolute Gasteiger partial charge is 0.0345 e. The van der Waals surface area contributed by atoms with E-state index in [0.717, 1.165) is 6.42 Å². The maximum Gasteiger partial charge on any atom is 0.0345 e. The summed E-state index contributed by atoms with van der Waals surface area (Å²) >= 11 is 0. The Morgan fingerprint density at radius 1 is 1.18 bits per heavy atom. The summed E-state index contributed by atoms with van der Waals surface area (Å²) in [5, 5.41) is 0. The van der Waals surface area contributed by atoms with Crippen LogP contribution in [-0.4, -0.2) is 10.6 Å². The SMILES string of the molecule is NC1CCC(n2cccc2)C1. The van der Waals surface area contributed by atoms with Crippen molar-refractivity contribution in [2.45, 2.75) is 31.3 Å². The molecule has 1 aromatic rings. The molecule has 0 bridgehead atoms. The van der Waals surface area contributed by atoms with Crippen LogP contribution in [0.4, 0.5) is 0 Å². The zero-order chi connectivity index (χ0) is 7.68. The number of nitrogens with two attached hydrogens (primary N) is 1. The third kappa shape index (κ3) is 1.31. The third-order valence-electron chi connectivity index (χ3n) is 2.49. The van der Waals surface area contributed by atoms with E-state index in [1.807, 2.05) is 0 Å². The molecule has 0 spiro atoms. The second-order valence-electron chi connectivity index (χ2n) is 3.36. The van der Waals surface area contributed by atoms with Gasteiger partial charge in [-0.25, -0.2) is 0 Å². The van der Waals surface area contributed by atoms with E-state index in [0.29, 0.717) is 12.1 Å². The molecule has 1 aromatic heterocycles.